The summed E-state index contributed by atoms with van der Waals surface area (Å²) in [6.45, 7) is 5.89. The maximum Gasteiger partial charge on any atom is 0.0768 e. The summed E-state index contributed by atoms with van der Waals surface area (Å²) >= 11 is 0. The van der Waals surface area contributed by atoms with E-state index in [1.54, 1.807) is 0 Å². The van der Waals surface area contributed by atoms with Gasteiger partial charge in [0.15, 0.2) is 0 Å². The summed E-state index contributed by atoms with van der Waals surface area (Å²) in [5, 5.41) is 0. The molecule has 0 aliphatic carbocycles. The van der Waals surface area contributed by atoms with E-state index in [-0.39, 0.29) is 12.4 Å². The van der Waals surface area contributed by atoms with E-state index < -0.39 is 5.54 Å². The standard InChI is InChI=1S/C7H13N.ClH/c1-5-7(4,8)6(2)3;/h1,6H,8H2,2-4H3;1H/t7-;/m1./s1. The highest BCUT2D eigenvalue weighted by atomic mass is 35.5. The van der Waals surface area contributed by atoms with E-state index in [0.717, 1.165) is 0 Å². The normalized spacial score (nSPS) is 15.6. The summed E-state index contributed by atoms with van der Waals surface area (Å²) in [5.41, 5.74) is 5.19. The number of hydrogen-bond donors (Lipinski definition) is 1. The number of halogens is 1. The van der Waals surface area contributed by atoms with Gasteiger partial charge in [-0.25, -0.2) is 0 Å². The predicted octanol–water partition coefficient (Wildman–Crippen LogP) is 1.41. The van der Waals surface area contributed by atoms with Gasteiger partial charge in [0.2, 0.25) is 0 Å². The van der Waals surface area contributed by atoms with Gasteiger partial charge in [0.05, 0.1) is 5.54 Å². The average Bonchev–Trinajstić information content (AvgIpc) is 1.67. The van der Waals surface area contributed by atoms with Crippen LogP contribution in [0.5, 0.6) is 0 Å². The van der Waals surface area contributed by atoms with E-state index in [4.69, 9.17) is 12.2 Å². The Kier molecular flexibility index (Phi) is 4.85. The molecule has 0 fully saturated rings. The molecular weight excluding hydrogens is 134 g/mol. The zero-order chi connectivity index (χ0) is 6.78. The number of rotatable bonds is 1. The second-order valence-corrected chi connectivity index (χ2v) is 2.58. The van der Waals surface area contributed by atoms with E-state index in [9.17, 15) is 0 Å². The summed E-state index contributed by atoms with van der Waals surface area (Å²) in [5.74, 6) is 2.87. The quantitative estimate of drug-likeness (QED) is 0.558. The van der Waals surface area contributed by atoms with Crippen LogP contribution in [0.3, 0.4) is 0 Å². The number of terminal acetylenes is 1. The van der Waals surface area contributed by atoms with Crippen LogP contribution < -0.4 is 5.73 Å². The van der Waals surface area contributed by atoms with E-state index in [2.05, 4.69) is 5.92 Å². The Bertz CT molecular complexity index is 111. The molecule has 0 spiro atoms. The third kappa shape index (κ3) is 3.40. The van der Waals surface area contributed by atoms with Crippen LogP contribution in [0.15, 0.2) is 0 Å². The summed E-state index contributed by atoms with van der Waals surface area (Å²) in [4.78, 5) is 0. The molecule has 0 saturated carbocycles. The van der Waals surface area contributed by atoms with Gasteiger partial charge in [-0.1, -0.05) is 19.8 Å². The van der Waals surface area contributed by atoms with Crippen molar-refractivity contribution < 1.29 is 0 Å². The molecule has 9 heavy (non-hydrogen) atoms. The van der Waals surface area contributed by atoms with Crippen molar-refractivity contribution in [2.24, 2.45) is 11.7 Å². The first-order valence-corrected chi connectivity index (χ1v) is 2.77. The minimum absolute atomic E-state index is 0. The van der Waals surface area contributed by atoms with E-state index in [0.29, 0.717) is 5.92 Å². The van der Waals surface area contributed by atoms with Crippen molar-refractivity contribution >= 4 is 12.4 Å². The lowest BCUT2D eigenvalue weighted by atomic mass is 9.91. The Hall–Kier alpha value is -0.190. The molecule has 0 aromatic rings. The predicted molar refractivity (Wildman–Crippen MR) is 43.5 cm³/mol. The fourth-order valence-corrected chi connectivity index (χ4v) is 0.167. The summed E-state index contributed by atoms with van der Waals surface area (Å²) in [6, 6.07) is 0. The van der Waals surface area contributed by atoms with Crippen molar-refractivity contribution in [1.29, 1.82) is 0 Å². The van der Waals surface area contributed by atoms with Gasteiger partial charge in [-0.2, -0.15) is 0 Å². The second kappa shape index (κ2) is 3.76. The molecule has 0 radical (unpaired) electrons. The fourth-order valence-electron chi connectivity index (χ4n) is 0.167. The largest absolute Gasteiger partial charge is 0.315 e. The summed E-state index contributed by atoms with van der Waals surface area (Å²) in [6.07, 6.45) is 5.13. The van der Waals surface area contributed by atoms with Crippen molar-refractivity contribution in [3.8, 4) is 12.3 Å². The second-order valence-electron chi connectivity index (χ2n) is 2.58. The number of nitrogens with two attached hydrogens (primary N) is 1. The fraction of sp³-hybridized carbons (Fsp3) is 0.714. The summed E-state index contributed by atoms with van der Waals surface area (Å²) < 4.78 is 0. The van der Waals surface area contributed by atoms with Crippen LogP contribution in [0.25, 0.3) is 0 Å². The Morgan fingerprint density at radius 2 is 1.89 bits per heavy atom. The third-order valence-corrected chi connectivity index (χ3v) is 1.51. The highest BCUT2D eigenvalue weighted by molar-refractivity contribution is 5.85. The molecule has 2 heteroatoms. The molecule has 0 amide bonds. The van der Waals surface area contributed by atoms with Gasteiger partial charge in [0.1, 0.15) is 0 Å². The molecule has 0 aromatic carbocycles. The Labute approximate surface area is 63.4 Å². The van der Waals surface area contributed by atoms with Gasteiger partial charge in [-0.05, 0) is 12.8 Å². The Morgan fingerprint density at radius 3 is 1.89 bits per heavy atom. The molecule has 0 rings (SSSR count). The molecule has 0 saturated heterocycles. The molecule has 0 bridgehead atoms. The zero-order valence-electron chi connectivity index (χ0n) is 6.14. The minimum atomic E-state index is -0.431. The molecule has 0 aromatic heterocycles. The van der Waals surface area contributed by atoms with Gasteiger partial charge in [0.25, 0.3) is 0 Å². The maximum atomic E-state index is 5.62. The molecule has 0 aliphatic rings. The van der Waals surface area contributed by atoms with Crippen molar-refractivity contribution in [1.82, 2.24) is 0 Å². The first-order chi connectivity index (χ1) is 3.50. The van der Waals surface area contributed by atoms with E-state index in [1.807, 2.05) is 20.8 Å². The Balaban J connectivity index is 0. The van der Waals surface area contributed by atoms with Crippen LogP contribution in [-0.2, 0) is 0 Å². The summed E-state index contributed by atoms with van der Waals surface area (Å²) in [7, 11) is 0. The molecule has 0 unspecified atom stereocenters. The van der Waals surface area contributed by atoms with Crippen LogP contribution in [0.1, 0.15) is 20.8 Å². The van der Waals surface area contributed by atoms with Gasteiger partial charge >= 0.3 is 0 Å². The van der Waals surface area contributed by atoms with Crippen LogP contribution in [0, 0.1) is 18.3 Å². The van der Waals surface area contributed by atoms with Gasteiger partial charge < -0.3 is 5.73 Å². The van der Waals surface area contributed by atoms with Crippen molar-refractivity contribution in [2.75, 3.05) is 0 Å². The van der Waals surface area contributed by atoms with Gasteiger partial charge in [-0.15, -0.1) is 18.8 Å². The lowest BCUT2D eigenvalue weighted by Gasteiger charge is -2.21. The zero-order valence-corrected chi connectivity index (χ0v) is 6.96. The molecule has 0 aliphatic heterocycles. The number of hydrogen-bond acceptors (Lipinski definition) is 1. The maximum absolute atomic E-state index is 5.62. The van der Waals surface area contributed by atoms with Crippen molar-refractivity contribution in [3.05, 3.63) is 0 Å². The first kappa shape index (κ1) is 11.6. The van der Waals surface area contributed by atoms with Crippen LogP contribution in [-0.4, -0.2) is 5.54 Å². The molecule has 1 atom stereocenters. The lowest BCUT2D eigenvalue weighted by Crippen LogP contribution is -2.39. The van der Waals surface area contributed by atoms with E-state index >= 15 is 0 Å². The van der Waals surface area contributed by atoms with Crippen LogP contribution in [0.2, 0.25) is 0 Å². The first-order valence-electron chi connectivity index (χ1n) is 2.77. The molecule has 1 nitrogen and oxygen atoms in total. The monoisotopic (exact) mass is 147 g/mol. The highest BCUT2D eigenvalue weighted by Gasteiger charge is 2.18. The SMILES string of the molecule is C#C[C@@](C)(N)C(C)C.Cl. The molecular formula is C7H14ClN. The van der Waals surface area contributed by atoms with Crippen molar-refractivity contribution in [3.63, 3.8) is 0 Å². The van der Waals surface area contributed by atoms with Crippen molar-refractivity contribution in [2.45, 2.75) is 26.3 Å². The van der Waals surface area contributed by atoms with Crippen LogP contribution in [0.4, 0.5) is 0 Å². The molecule has 0 heterocycles. The molecule has 2 N–H and O–H groups in total. The Morgan fingerprint density at radius 1 is 1.56 bits per heavy atom. The third-order valence-electron chi connectivity index (χ3n) is 1.51. The average molecular weight is 148 g/mol. The van der Waals surface area contributed by atoms with Crippen LogP contribution >= 0.6 is 12.4 Å². The highest BCUT2D eigenvalue weighted by Crippen LogP contribution is 2.09. The lowest BCUT2D eigenvalue weighted by molar-refractivity contribution is 0.435. The smallest absolute Gasteiger partial charge is 0.0768 e. The molecule has 54 valence electrons. The van der Waals surface area contributed by atoms with Gasteiger partial charge in [0, 0.05) is 0 Å². The topological polar surface area (TPSA) is 26.0 Å². The minimum Gasteiger partial charge on any atom is -0.315 e. The van der Waals surface area contributed by atoms with Gasteiger partial charge in [-0.3, -0.25) is 0 Å². The van der Waals surface area contributed by atoms with E-state index in [1.165, 1.54) is 0 Å².